The topological polar surface area (TPSA) is 26.0 Å². The molecule has 1 heteroatoms. The third-order valence-corrected chi connectivity index (χ3v) is 5.03. The lowest BCUT2D eigenvalue weighted by Crippen LogP contribution is -2.24. The van der Waals surface area contributed by atoms with Crippen LogP contribution in [0.4, 0.5) is 5.69 Å². The highest BCUT2D eigenvalue weighted by molar-refractivity contribution is 5.93. The molecule has 0 spiro atoms. The van der Waals surface area contributed by atoms with Gasteiger partial charge in [0.15, 0.2) is 0 Å². The average molecular weight is 273 g/mol. The number of nitrogens with two attached hydrogens (primary N) is 1. The Morgan fingerprint density at radius 1 is 1.00 bits per heavy atom. The fraction of sp³-hybridized carbons (Fsp3) is 0.200. The van der Waals surface area contributed by atoms with Crippen LogP contribution in [0.15, 0.2) is 66.3 Å². The summed E-state index contributed by atoms with van der Waals surface area (Å²) in [5.41, 5.74) is 14.0. The number of anilines is 1. The van der Waals surface area contributed by atoms with E-state index in [1.165, 1.54) is 27.8 Å². The van der Waals surface area contributed by atoms with Crippen LogP contribution in [0.25, 0.3) is 5.57 Å². The van der Waals surface area contributed by atoms with Crippen molar-refractivity contribution in [3.8, 4) is 0 Å². The van der Waals surface area contributed by atoms with Crippen LogP contribution in [0.1, 0.15) is 36.5 Å². The van der Waals surface area contributed by atoms with Gasteiger partial charge in [-0.3, -0.25) is 0 Å². The van der Waals surface area contributed by atoms with Crippen molar-refractivity contribution in [1.29, 1.82) is 0 Å². The number of hydrogen-bond acceptors (Lipinski definition) is 1. The van der Waals surface area contributed by atoms with E-state index in [-0.39, 0.29) is 5.41 Å². The van der Waals surface area contributed by atoms with Crippen LogP contribution in [0, 0.1) is 0 Å². The summed E-state index contributed by atoms with van der Waals surface area (Å²) in [4.78, 5) is 0. The van der Waals surface area contributed by atoms with Crippen LogP contribution in [-0.2, 0) is 5.41 Å². The maximum absolute atomic E-state index is 6.31. The molecule has 104 valence electrons. The maximum atomic E-state index is 6.31. The van der Waals surface area contributed by atoms with Crippen molar-refractivity contribution in [2.45, 2.75) is 25.2 Å². The Morgan fingerprint density at radius 2 is 1.81 bits per heavy atom. The molecule has 2 aliphatic rings. The van der Waals surface area contributed by atoms with Gasteiger partial charge in [0.25, 0.3) is 0 Å². The van der Waals surface area contributed by atoms with Crippen molar-refractivity contribution in [2.24, 2.45) is 0 Å². The Balaban J connectivity index is 2.07. The molecule has 0 saturated carbocycles. The second kappa shape index (κ2) is 4.36. The van der Waals surface area contributed by atoms with Crippen molar-refractivity contribution in [1.82, 2.24) is 0 Å². The summed E-state index contributed by atoms with van der Waals surface area (Å²) in [5.74, 6) is 0. The highest BCUT2D eigenvalue weighted by Crippen LogP contribution is 2.54. The van der Waals surface area contributed by atoms with Crippen LogP contribution < -0.4 is 5.73 Å². The van der Waals surface area contributed by atoms with E-state index >= 15 is 0 Å². The molecule has 0 radical (unpaired) electrons. The predicted octanol–water partition coefficient (Wildman–Crippen LogP) is 4.69. The molecular formula is C20H19N. The zero-order valence-corrected chi connectivity index (χ0v) is 12.3. The van der Waals surface area contributed by atoms with Gasteiger partial charge in [-0.1, -0.05) is 54.6 Å². The van der Waals surface area contributed by atoms with Gasteiger partial charge in [0, 0.05) is 16.7 Å². The lowest BCUT2D eigenvalue weighted by molar-refractivity contribution is 0.652. The SMILES string of the molecule is CC1(c2ccccc2)C2=C(C=CCC2)c2c(N)cccc21. The molecule has 21 heavy (non-hydrogen) atoms. The van der Waals surface area contributed by atoms with Gasteiger partial charge in [0.1, 0.15) is 0 Å². The molecule has 0 fully saturated rings. The molecule has 2 aromatic rings. The molecule has 0 aromatic heterocycles. The molecular weight excluding hydrogens is 254 g/mol. The number of rotatable bonds is 1. The van der Waals surface area contributed by atoms with Crippen LogP contribution in [0.5, 0.6) is 0 Å². The third-order valence-electron chi connectivity index (χ3n) is 5.03. The number of fused-ring (bicyclic) bond motifs is 2. The van der Waals surface area contributed by atoms with Gasteiger partial charge in [-0.25, -0.2) is 0 Å². The van der Waals surface area contributed by atoms with Gasteiger partial charge in [0.2, 0.25) is 0 Å². The number of benzene rings is 2. The normalized spacial score (nSPS) is 23.1. The highest BCUT2D eigenvalue weighted by Gasteiger charge is 2.42. The van der Waals surface area contributed by atoms with Crippen LogP contribution >= 0.6 is 0 Å². The monoisotopic (exact) mass is 273 g/mol. The molecule has 1 unspecified atom stereocenters. The molecule has 0 amide bonds. The molecule has 4 rings (SSSR count). The molecule has 0 heterocycles. The van der Waals surface area contributed by atoms with Crippen molar-refractivity contribution in [3.63, 3.8) is 0 Å². The third kappa shape index (κ3) is 1.58. The minimum atomic E-state index is -0.0495. The van der Waals surface area contributed by atoms with Gasteiger partial charge in [-0.15, -0.1) is 0 Å². The molecule has 2 aromatic carbocycles. The Bertz CT molecular complexity index is 768. The zero-order valence-electron chi connectivity index (χ0n) is 12.3. The molecule has 2 N–H and O–H groups in total. The van der Waals surface area contributed by atoms with Gasteiger partial charge >= 0.3 is 0 Å². The summed E-state index contributed by atoms with van der Waals surface area (Å²) in [6.07, 6.45) is 6.77. The fourth-order valence-corrected chi connectivity index (χ4v) is 3.97. The smallest absolute Gasteiger partial charge is 0.0398 e. The molecule has 0 saturated heterocycles. The second-order valence-corrected chi connectivity index (χ2v) is 6.09. The molecule has 2 aliphatic carbocycles. The Kier molecular flexibility index (Phi) is 2.58. The van der Waals surface area contributed by atoms with Gasteiger partial charge in [-0.05, 0) is 48.1 Å². The summed E-state index contributed by atoms with van der Waals surface area (Å²) in [6, 6.07) is 17.2. The standard InChI is InChI=1S/C20H19N/c1-20(14-8-3-2-4-9-14)16-11-6-5-10-15(16)19-17(20)12-7-13-18(19)21/h2-5,7-10,12-13H,6,11,21H2,1H3. The van der Waals surface area contributed by atoms with E-state index in [0.717, 1.165) is 18.5 Å². The van der Waals surface area contributed by atoms with E-state index in [0.29, 0.717) is 0 Å². The van der Waals surface area contributed by atoms with E-state index in [4.69, 9.17) is 5.73 Å². The number of allylic oxidation sites excluding steroid dienone is 4. The van der Waals surface area contributed by atoms with E-state index in [1.807, 2.05) is 6.07 Å². The van der Waals surface area contributed by atoms with Crippen LogP contribution in [0.3, 0.4) is 0 Å². The summed E-state index contributed by atoms with van der Waals surface area (Å²) < 4.78 is 0. The van der Waals surface area contributed by atoms with E-state index in [9.17, 15) is 0 Å². The summed E-state index contributed by atoms with van der Waals surface area (Å²) in [6.45, 7) is 2.35. The maximum Gasteiger partial charge on any atom is 0.0398 e. The van der Waals surface area contributed by atoms with Gasteiger partial charge in [-0.2, -0.15) is 0 Å². The quantitative estimate of drug-likeness (QED) is 0.749. The second-order valence-electron chi connectivity index (χ2n) is 6.09. The van der Waals surface area contributed by atoms with Gasteiger partial charge in [0.05, 0.1) is 0 Å². The van der Waals surface area contributed by atoms with Crippen molar-refractivity contribution in [3.05, 3.63) is 82.9 Å². The first-order valence-electron chi connectivity index (χ1n) is 7.58. The molecule has 1 atom stereocenters. The molecule has 1 nitrogen and oxygen atoms in total. The number of hydrogen-bond donors (Lipinski definition) is 1. The number of nitrogen functional groups attached to an aromatic ring is 1. The lowest BCUT2D eigenvalue weighted by atomic mass is 9.71. The largest absolute Gasteiger partial charge is 0.398 e. The summed E-state index contributed by atoms with van der Waals surface area (Å²) in [7, 11) is 0. The van der Waals surface area contributed by atoms with Crippen molar-refractivity contribution >= 4 is 11.3 Å². The average Bonchev–Trinajstić information content (AvgIpc) is 2.81. The Labute approximate surface area is 125 Å². The lowest BCUT2D eigenvalue weighted by Gasteiger charge is -2.31. The highest BCUT2D eigenvalue weighted by atomic mass is 14.6. The van der Waals surface area contributed by atoms with E-state index < -0.39 is 0 Å². The molecule has 0 bridgehead atoms. The van der Waals surface area contributed by atoms with Crippen molar-refractivity contribution < 1.29 is 0 Å². The van der Waals surface area contributed by atoms with Gasteiger partial charge < -0.3 is 5.73 Å². The first-order valence-corrected chi connectivity index (χ1v) is 7.58. The Morgan fingerprint density at radius 3 is 2.62 bits per heavy atom. The minimum Gasteiger partial charge on any atom is -0.398 e. The van der Waals surface area contributed by atoms with Crippen LogP contribution in [-0.4, -0.2) is 0 Å². The first kappa shape index (κ1) is 12.5. The van der Waals surface area contributed by atoms with E-state index in [2.05, 4.69) is 61.5 Å². The minimum absolute atomic E-state index is 0.0495. The summed E-state index contributed by atoms with van der Waals surface area (Å²) in [5, 5.41) is 0. The summed E-state index contributed by atoms with van der Waals surface area (Å²) >= 11 is 0. The predicted molar refractivity (Wildman–Crippen MR) is 89.0 cm³/mol. The van der Waals surface area contributed by atoms with Crippen molar-refractivity contribution in [2.75, 3.05) is 5.73 Å². The Hall–Kier alpha value is -2.28. The van der Waals surface area contributed by atoms with Crippen LogP contribution in [0.2, 0.25) is 0 Å². The van der Waals surface area contributed by atoms with E-state index in [1.54, 1.807) is 0 Å². The molecule has 0 aliphatic heterocycles. The fourth-order valence-electron chi connectivity index (χ4n) is 3.97. The first-order chi connectivity index (χ1) is 10.2. The zero-order chi connectivity index (χ0) is 14.4.